The van der Waals surface area contributed by atoms with Crippen molar-refractivity contribution in [3.8, 4) is 0 Å². The van der Waals surface area contributed by atoms with Crippen LogP contribution < -0.4 is 5.32 Å². The number of rotatable bonds is 5. The minimum Gasteiger partial charge on any atom is -0.349 e. The maximum absolute atomic E-state index is 10.4. The Morgan fingerprint density at radius 1 is 1.67 bits per heavy atom. The summed E-state index contributed by atoms with van der Waals surface area (Å²) in [4.78, 5) is 24.4. The van der Waals surface area contributed by atoms with Crippen LogP contribution in [0.3, 0.4) is 0 Å². The van der Waals surface area contributed by atoms with Crippen molar-refractivity contribution in [2.45, 2.75) is 12.5 Å². The summed E-state index contributed by atoms with van der Waals surface area (Å²) in [5, 5.41) is 4.24. The average Bonchev–Trinajstić information content (AvgIpc) is 2.56. The Hall–Kier alpha value is -1.23. The van der Waals surface area contributed by atoms with Crippen molar-refractivity contribution in [1.82, 2.24) is 10.3 Å². The number of aldehydes is 1. The quantitative estimate of drug-likeness (QED) is 0.655. The second kappa shape index (κ2) is 4.61. The molecule has 64 valence electrons. The normalized spacial score (nSPS) is 12.0. The van der Waals surface area contributed by atoms with Crippen molar-refractivity contribution < 1.29 is 9.59 Å². The van der Waals surface area contributed by atoms with E-state index >= 15 is 0 Å². The highest BCUT2D eigenvalue weighted by molar-refractivity contribution is 7.07. The van der Waals surface area contributed by atoms with Crippen LogP contribution in [0, 0.1) is 0 Å². The van der Waals surface area contributed by atoms with E-state index in [0.29, 0.717) is 19.1 Å². The van der Waals surface area contributed by atoms with Crippen LogP contribution in [0.1, 0.15) is 5.69 Å². The number of aromatic nitrogens is 1. The molecule has 0 aliphatic heterocycles. The molecular weight excluding hydrogens is 176 g/mol. The molecule has 1 aromatic rings. The number of nitrogens with one attached hydrogen (secondary N) is 1. The average molecular weight is 184 g/mol. The van der Waals surface area contributed by atoms with Gasteiger partial charge in [-0.1, -0.05) is 0 Å². The first-order chi connectivity index (χ1) is 5.86. The molecule has 5 heteroatoms. The number of hydrogen-bond acceptors (Lipinski definition) is 4. The summed E-state index contributed by atoms with van der Waals surface area (Å²) >= 11 is 1.47. The van der Waals surface area contributed by atoms with Gasteiger partial charge in [-0.15, -0.1) is 11.3 Å². The number of nitrogens with zero attached hydrogens (tertiary/aromatic N) is 1. The van der Waals surface area contributed by atoms with Gasteiger partial charge in [-0.2, -0.15) is 0 Å². The molecule has 0 spiro atoms. The van der Waals surface area contributed by atoms with Crippen molar-refractivity contribution in [3.63, 3.8) is 0 Å². The molecule has 0 aliphatic carbocycles. The predicted molar refractivity (Wildman–Crippen MR) is 44.9 cm³/mol. The van der Waals surface area contributed by atoms with Gasteiger partial charge in [-0.25, -0.2) is 4.98 Å². The highest BCUT2D eigenvalue weighted by Crippen LogP contribution is 2.02. The van der Waals surface area contributed by atoms with Gasteiger partial charge >= 0.3 is 0 Å². The Bertz CT molecular complexity index is 248. The maximum atomic E-state index is 10.4. The van der Waals surface area contributed by atoms with E-state index in [2.05, 4.69) is 10.3 Å². The summed E-state index contributed by atoms with van der Waals surface area (Å²) in [6.07, 6.45) is 1.69. The summed E-state index contributed by atoms with van der Waals surface area (Å²) < 4.78 is 0. The lowest BCUT2D eigenvalue weighted by Crippen LogP contribution is -2.31. The van der Waals surface area contributed by atoms with Gasteiger partial charge in [0, 0.05) is 11.8 Å². The monoisotopic (exact) mass is 184 g/mol. The summed E-state index contributed by atoms with van der Waals surface area (Å²) in [6, 6.07) is -0.454. The fourth-order valence-electron chi connectivity index (χ4n) is 0.797. The summed E-state index contributed by atoms with van der Waals surface area (Å²) in [7, 11) is 0. The van der Waals surface area contributed by atoms with Gasteiger partial charge in [0.2, 0.25) is 6.41 Å². The van der Waals surface area contributed by atoms with E-state index in [4.69, 9.17) is 0 Å². The highest BCUT2D eigenvalue weighted by atomic mass is 32.1. The Morgan fingerprint density at radius 3 is 3.00 bits per heavy atom. The van der Waals surface area contributed by atoms with Crippen LogP contribution in [0.4, 0.5) is 0 Å². The number of carbonyl (C=O) groups is 2. The molecule has 1 N–H and O–H groups in total. The molecule has 1 rings (SSSR count). The van der Waals surface area contributed by atoms with Crippen LogP contribution in [0.15, 0.2) is 10.9 Å². The minimum absolute atomic E-state index is 0.454. The molecule has 0 saturated heterocycles. The molecule has 4 nitrogen and oxygen atoms in total. The van der Waals surface area contributed by atoms with Gasteiger partial charge in [-0.05, 0) is 0 Å². The van der Waals surface area contributed by atoms with Crippen LogP contribution >= 0.6 is 11.3 Å². The van der Waals surface area contributed by atoms with Gasteiger partial charge in [0.1, 0.15) is 6.29 Å². The molecule has 0 bridgehead atoms. The Morgan fingerprint density at radius 2 is 2.50 bits per heavy atom. The molecule has 1 heterocycles. The molecule has 1 atom stereocenters. The second-order valence-electron chi connectivity index (χ2n) is 2.21. The molecule has 1 amide bonds. The molecule has 0 unspecified atom stereocenters. The van der Waals surface area contributed by atoms with Gasteiger partial charge < -0.3 is 10.1 Å². The molecular formula is C7H8N2O2S. The standard InChI is InChI=1S/C7H8N2O2S/c10-2-6(8-4-11)1-7-3-12-5-9-7/h2-6H,1H2,(H,8,11)/t6-/m0/s1. The molecule has 0 aliphatic rings. The highest BCUT2D eigenvalue weighted by Gasteiger charge is 2.07. The van der Waals surface area contributed by atoms with Crippen molar-refractivity contribution in [2.24, 2.45) is 0 Å². The van der Waals surface area contributed by atoms with Gasteiger partial charge in [0.25, 0.3) is 0 Å². The van der Waals surface area contributed by atoms with Crippen molar-refractivity contribution in [3.05, 3.63) is 16.6 Å². The van der Waals surface area contributed by atoms with Crippen molar-refractivity contribution in [2.75, 3.05) is 0 Å². The largest absolute Gasteiger partial charge is 0.349 e. The predicted octanol–water partition coefficient (Wildman–Crippen LogP) is -0.000900. The molecule has 12 heavy (non-hydrogen) atoms. The molecule has 1 aromatic heterocycles. The Balaban J connectivity index is 2.47. The minimum atomic E-state index is -0.454. The first kappa shape index (κ1) is 8.86. The van der Waals surface area contributed by atoms with E-state index in [1.165, 1.54) is 11.3 Å². The molecule has 0 fully saturated rings. The fraction of sp³-hybridized carbons (Fsp3) is 0.286. The fourth-order valence-corrected chi connectivity index (χ4v) is 1.37. The third kappa shape index (κ3) is 2.43. The van der Waals surface area contributed by atoms with E-state index < -0.39 is 6.04 Å². The summed E-state index contributed by atoms with van der Waals surface area (Å²) in [5.74, 6) is 0. The number of amides is 1. The Labute approximate surface area is 73.6 Å². The molecule has 0 saturated carbocycles. The van der Waals surface area contributed by atoms with Gasteiger partial charge in [0.15, 0.2) is 0 Å². The SMILES string of the molecule is O=CN[C@H](C=O)Cc1cscn1. The zero-order valence-corrected chi connectivity index (χ0v) is 7.08. The van der Waals surface area contributed by atoms with Crippen LogP contribution in [-0.2, 0) is 16.0 Å². The van der Waals surface area contributed by atoms with E-state index in [9.17, 15) is 9.59 Å². The third-order valence-corrected chi connectivity index (χ3v) is 1.99. The first-order valence-electron chi connectivity index (χ1n) is 3.39. The zero-order chi connectivity index (χ0) is 8.81. The Kier molecular flexibility index (Phi) is 3.40. The van der Waals surface area contributed by atoms with Crippen LogP contribution in [0.5, 0.6) is 0 Å². The maximum Gasteiger partial charge on any atom is 0.207 e. The van der Waals surface area contributed by atoms with E-state index in [1.807, 2.05) is 5.38 Å². The summed E-state index contributed by atoms with van der Waals surface area (Å²) in [6.45, 7) is 0. The zero-order valence-electron chi connectivity index (χ0n) is 6.27. The van der Waals surface area contributed by atoms with Crippen molar-refractivity contribution >= 4 is 24.0 Å². The molecule has 0 radical (unpaired) electrons. The number of thiazole rings is 1. The van der Waals surface area contributed by atoms with Crippen molar-refractivity contribution in [1.29, 1.82) is 0 Å². The lowest BCUT2D eigenvalue weighted by atomic mass is 10.2. The van der Waals surface area contributed by atoms with E-state index in [1.54, 1.807) is 5.51 Å². The third-order valence-electron chi connectivity index (χ3n) is 1.36. The lowest BCUT2D eigenvalue weighted by Gasteiger charge is -2.04. The number of carbonyl (C=O) groups excluding carboxylic acids is 2. The van der Waals surface area contributed by atoms with E-state index in [0.717, 1.165) is 5.69 Å². The summed E-state index contributed by atoms with van der Waals surface area (Å²) in [5.41, 5.74) is 2.52. The topological polar surface area (TPSA) is 59.1 Å². The van der Waals surface area contributed by atoms with Crippen LogP contribution in [-0.4, -0.2) is 23.7 Å². The van der Waals surface area contributed by atoms with Crippen LogP contribution in [0.25, 0.3) is 0 Å². The first-order valence-corrected chi connectivity index (χ1v) is 4.33. The van der Waals surface area contributed by atoms with E-state index in [-0.39, 0.29) is 0 Å². The smallest absolute Gasteiger partial charge is 0.207 e. The number of hydrogen-bond donors (Lipinski definition) is 1. The lowest BCUT2D eigenvalue weighted by molar-refractivity contribution is -0.115. The van der Waals surface area contributed by atoms with Gasteiger partial charge in [0.05, 0.1) is 17.2 Å². The molecule has 0 aromatic carbocycles. The van der Waals surface area contributed by atoms with Gasteiger partial charge in [-0.3, -0.25) is 4.79 Å². The second-order valence-corrected chi connectivity index (χ2v) is 2.93. The van der Waals surface area contributed by atoms with Crippen LogP contribution in [0.2, 0.25) is 0 Å².